The number of aryl methyl sites for hydroxylation is 1. The summed E-state index contributed by atoms with van der Waals surface area (Å²) in [5.41, 5.74) is 5.37. The normalized spacial score (nSPS) is 18.3. The van der Waals surface area contributed by atoms with Crippen molar-refractivity contribution in [1.82, 2.24) is 10.3 Å². The first kappa shape index (κ1) is 24.8. The molecule has 0 aromatic heterocycles. The molecule has 9 nitrogen and oxygen atoms in total. The van der Waals surface area contributed by atoms with Crippen LogP contribution in [0.4, 0.5) is 0 Å². The van der Waals surface area contributed by atoms with Gasteiger partial charge in [-0.1, -0.05) is 13.8 Å². The zero-order valence-corrected chi connectivity index (χ0v) is 19.7. The fourth-order valence-corrected chi connectivity index (χ4v) is 4.14. The third kappa shape index (κ3) is 6.56. The van der Waals surface area contributed by atoms with E-state index >= 15 is 0 Å². The highest BCUT2D eigenvalue weighted by Crippen LogP contribution is 2.26. The average molecular weight is 476 g/mol. The fourth-order valence-electron chi connectivity index (χ4n) is 4.00. The highest BCUT2D eigenvalue weighted by Gasteiger charge is 2.38. The minimum atomic E-state index is -1.23. The van der Waals surface area contributed by atoms with E-state index in [-0.39, 0.29) is 38.2 Å². The molecule has 3 rings (SSSR count). The fraction of sp³-hybridized carbons (Fsp3) is 0.522. The summed E-state index contributed by atoms with van der Waals surface area (Å²) in [5, 5.41) is 13.8. The molecule has 0 saturated carbocycles. The number of benzene rings is 1. The molecule has 2 aliphatic rings. The number of nitrogens with one attached hydrogen (secondary N) is 1. The van der Waals surface area contributed by atoms with E-state index in [1.54, 1.807) is 6.07 Å². The molecule has 10 heteroatoms. The molecule has 1 saturated heterocycles. The van der Waals surface area contributed by atoms with Crippen molar-refractivity contribution in [3.63, 3.8) is 0 Å². The Morgan fingerprint density at radius 1 is 1.21 bits per heavy atom. The quantitative estimate of drug-likeness (QED) is 0.286. The second-order valence-corrected chi connectivity index (χ2v) is 10.1. The van der Waals surface area contributed by atoms with Gasteiger partial charge in [-0.2, -0.15) is 17.7 Å². The molecule has 1 fully saturated rings. The monoisotopic (exact) mass is 475 g/mol. The molecule has 1 atom stereocenters. The number of carboxylic acids is 1. The summed E-state index contributed by atoms with van der Waals surface area (Å²) in [6.07, 6.45) is 2.80. The van der Waals surface area contributed by atoms with Gasteiger partial charge in [-0.25, -0.2) is 10.2 Å². The van der Waals surface area contributed by atoms with Crippen LogP contribution in [-0.2, 0) is 25.6 Å². The predicted molar refractivity (Wildman–Crippen MR) is 124 cm³/mol. The lowest BCUT2D eigenvalue weighted by Crippen LogP contribution is -2.45. The Morgan fingerprint density at radius 2 is 1.91 bits per heavy atom. The van der Waals surface area contributed by atoms with Gasteiger partial charge in [0.25, 0.3) is 0 Å². The van der Waals surface area contributed by atoms with Crippen LogP contribution in [0.5, 0.6) is 5.75 Å². The number of hydrazone groups is 1. The summed E-state index contributed by atoms with van der Waals surface area (Å²) < 4.78 is 5.32. The molecular formula is C23H29N3O6S. The standard InChI is InChI=1S/C23H29N3O6S/c1-23(2,33)13-19(27)25-24-17-5-3-4-14-12-15(6-7-16(14)17)32-11-10-18(22(30)31)26-20(28)8-9-21(26)29/h6-7,12,18,33H,3-5,8-11,13H2,1-2H3,(H,25,27)(H,30,31)/b24-17-. The number of carboxylic acid groups (broad SMARTS) is 1. The first-order valence-corrected chi connectivity index (χ1v) is 11.4. The van der Waals surface area contributed by atoms with Gasteiger partial charge in [0.05, 0.1) is 12.3 Å². The van der Waals surface area contributed by atoms with Gasteiger partial charge in [0.2, 0.25) is 17.7 Å². The van der Waals surface area contributed by atoms with E-state index in [4.69, 9.17) is 4.74 Å². The summed E-state index contributed by atoms with van der Waals surface area (Å²) >= 11 is 4.36. The first-order valence-electron chi connectivity index (χ1n) is 11.0. The van der Waals surface area contributed by atoms with Crippen molar-refractivity contribution in [3.05, 3.63) is 29.3 Å². The molecule has 1 aromatic rings. The van der Waals surface area contributed by atoms with Gasteiger partial charge in [0.1, 0.15) is 11.8 Å². The number of likely N-dealkylation sites (tertiary alicyclic amines) is 1. The molecule has 0 spiro atoms. The third-order valence-corrected chi connectivity index (χ3v) is 5.66. The van der Waals surface area contributed by atoms with Crippen LogP contribution in [-0.4, -0.2) is 56.8 Å². The maximum atomic E-state index is 12.1. The maximum absolute atomic E-state index is 12.1. The smallest absolute Gasteiger partial charge is 0.327 e. The average Bonchev–Trinajstić information content (AvgIpc) is 3.06. The summed E-state index contributed by atoms with van der Waals surface area (Å²) in [7, 11) is 0. The lowest BCUT2D eigenvalue weighted by atomic mass is 9.90. The Kier molecular flexibility index (Phi) is 7.78. The predicted octanol–water partition coefficient (Wildman–Crippen LogP) is 2.31. The second-order valence-electron chi connectivity index (χ2n) is 8.90. The Bertz CT molecular complexity index is 969. The minimum Gasteiger partial charge on any atom is -0.493 e. The molecule has 33 heavy (non-hydrogen) atoms. The van der Waals surface area contributed by atoms with Crippen molar-refractivity contribution >= 4 is 42.0 Å². The highest BCUT2D eigenvalue weighted by molar-refractivity contribution is 7.81. The summed E-state index contributed by atoms with van der Waals surface area (Å²) in [4.78, 5) is 48.2. The van der Waals surface area contributed by atoms with Crippen LogP contribution >= 0.6 is 12.6 Å². The Hall–Kier alpha value is -2.88. The molecule has 1 heterocycles. The van der Waals surface area contributed by atoms with Gasteiger partial charge in [0.15, 0.2) is 0 Å². The van der Waals surface area contributed by atoms with Gasteiger partial charge >= 0.3 is 5.97 Å². The lowest BCUT2D eigenvalue weighted by Gasteiger charge is -2.23. The molecule has 1 aliphatic heterocycles. The van der Waals surface area contributed by atoms with Crippen LogP contribution in [0.3, 0.4) is 0 Å². The van der Waals surface area contributed by atoms with Crippen molar-refractivity contribution in [3.8, 4) is 5.75 Å². The first-order chi connectivity index (χ1) is 15.5. The van der Waals surface area contributed by atoms with Crippen LogP contribution in [0, 0.1) is 0 Å². The van der Waals surface area contributed by atoms with Gasteiger partial charge in [-0.3, -0.25) is 19.3 Å². The molecule has 0 bridgehead atoms. The van der Waals surface area contributed by atoms with Crippen molar-refractivity contribution < 1.29 is 29.0 Å². The number of ether oxygens (including phenoxy) is 1. The number of imide groups is 1. The number of carbonyl (C=O) groups excluding carboxylic acids is 3. The van der Waals surface area contributed by atoms with Crippen molar-refractivity contribution in [2.45, 2.75) is 69.6 Å². The van der Waals surface area contributed by atoms with Gasteiger partial charge in [-0.15, -0.1) is 0 Å². The molecule has 3 amide bonds. The Balaban J connectivity index is 1.62. The Morgan fingerprint density at radius 3 is 2.55 bits per heavy atom. The SMILES string of the molecule is CC(C)(S)CC(=O)N/N=C1/CCCc2cc(OCCC(C(=O)O)N3C(=O)CCC3=O)ccc21. The van der Waals surface area contributed by atoms with E-state index in [2.05, 4.69) is 23.2 Å². The minimum absolute atomic E-state index is 0.00410. The molecule has 0 radical (unpaired) electrons. The zero-order valence-electron chi connectivity index (χ0n) is 18.8. The van der Waals surface area contributed by atoms with Crippen LogP contribution in [0.1, 0.15) is 63.5 Å². The van der Waals surface area contributed by atoms with Crippen LogP contribution in [0.15, 0.2) is 23.3 Å². The second kappa shape index (κ2) is 10.4. The van der Waals surface area contributed by atoms with Gasteiger partial charge in [0, 0.05) is 36.0 Å². The van der Waals surface area contributed by atoms with Crippen LogP contribution < -0.4 is 10.2 Å². The summed E-state index contributed by atoms with van der Waals surface area (Å²) in [5.74, 6) is -1.77. The van der Waals surface area contributed by atoms with E-state index < -0.39 is 28.6 Å². The number of aliphatic carboxylic acids is 1. The van der Waals surface area contributed by atoms with E-state index in [9.17, 15) is 24.3 Å². The number of amides is 3. The number of nitrogens with zero attached hydrogens (tertiary/aromatic N) is 2. The largest absolute Gasteiger partial charge is 0.493 e. The van der Waals surface area contributed by atoms with Crippen LogP contribution in [0.2, 0.25) is 0 Å². The lowest BCUT2D eigenvalue weighted by molar-refractivity contribution is -0.154. The number of carbonyl (C=O) groups is 4. The maximum Gasteiger partial charge on any atom is 0.327 e. The van der Waals surface area contributed by atoms with Crippen molar-refractivity contribution in [1.29, 1.82) is 0 Å². The Labute approximate surface area is 198 Å². The zero-order chi connectivity index (χ0) is 24.2. The van der Waals surface area contributed by atoms with Gasteiger partial charge in [-0.05, 0) is 43.0 Å². The highest BCUT2D eigenvalue weighted by atomic mass is 32.1. The van der Waals surface area contributed by atoms with Gasteiger partial charge < -0.3 is 9.84 Å². The van der Waals surface area contributed by atoms with E-state index in [0.29, 0.717) is 5.75 Å². The number of thiol groups is 1. The number of rotatable bonds is 9. The molecular weight excluding hydrogens is 446 g/mol. The topological polar surface area (TPSA) is 125 Å². The number of fused-ring (bicyclic) bond motifs is 1. The van der Waals surface area contributed by atoms with E-state index in [0.717, 1.165) is 41.0 Å². The summed E-state index contributed by atoms with van der Waals surface area (Å²) in [6.45, 7) is 3.77. The summed E-state index contributed by atoms with van der Waals surface area (Å²) in [6, 6.07) is 4.29. The van der Waals surface area contributed by atoms with Crippen molar-refractivity contribution in [2.75, 3.05) is 6.61 Å². The molecule has 178 valence electrons. The van der Waals surface area contributed by atoms with E-state index in [1.807, 2.05) is 26.0 Å². The third-order valence-electron chi connectivity index (χ3n) is 5.50. The molecule has 2 N–H and O–H groups in total. The molecule has 1 aliphatic carbocycles. The number of hydrogen-bond acceptors (Lipinski definition) is 7. The number of hydrogen-bond donors (Lipinski definition) is 3. The van der Waals surface area contributed by atoms with Crippen molar-refractivity contribution in [2.24, 2.45) is 5.10 Å². The van der Waals surface area contributed by atoms with E-state index in [1.165, 1.54) is 0 Å². The molecule has 1 unspecified atom stereocenters. The molecule has 1 aromatic carbocycles. The van der Waals surface area contributed by atoms with Crippen LogP contribution in [0.25, 0.3) is 0 Å².